The van der Waals surface area contributed by atoms with Crippen molar-refractivity contribution in [3.63, 3.8) is 0 Å². The van der Waals surface area contributed by atoms with Crippen LogP contribution in [0.5, 0.6) is 0 Å². The number of hydrogen-bond donors (Lipinski definition) is 0. The van der Waals surface area contributed by atoms with Gasteiger partial charge in [0.05, 0.1) is 0 Å². The molecule has 17 heavy (non-hydrogen) atoms. The van der Waals surface area contributed by atoms with E-state index in [1.807, 2.05) is 0 Å². The molecule has 0 aliphatic carbocycles. The monoisotopic (exact) mass is 230 g/mol. The molecule has 2 nitrogen and oxygen atoms in total. The van der Waals surface area contributed by atoms with E-state index in [0.29, 0.717) is 6.04 Å². The van der Waals surface area contributed by atoms with Crippen molar-refractivity contribution >= 4 is 5.69 Å². The van der Waals surface area contributed by atoms with Gasteiger partial charge in [-0.2, -0.15) is 0 Å². The fraction of sp³-hybridized carbons (Fsp3) is 0.467. The molecule has 0 radical (unpaired) electrons. The maximum atomic E-state index is 2.49. The van der Waals surface area contributed by atoms with Gasteiger partial charge in [-0.05, 0) is 31.6 Å². The molecular weight excluding hydrogens is 208 g/mol. The summed E-state index contributed by atoms with van der Waals surface area (Å²) in [5.74, 6) is 0. The minimum atomic E-state index is 0.489. The maximum Gasteiger partial charge on any atom is 0.0491 e. The second-order valence-corrected chi connectivity index (χ2v) is 4.98. The molecule has 0 amide bonds. The summed E-state index contributed by atoms with van der Waals surface area (Å²) in [5.41, 5.74) is 4.31. The molecule has 1 atom stereocenters. The van der Waals surface area contributed by atoms with Gasteiger partial charge in [-0.3, -0.25) is 0 Å². The summed E-state index contributed by atoms with van der Waals surface area (Å²) in [6.07, 6.45) is 1.14. The molecule has 2 rings (SSSR count). The first kappa shape index (κ1) is 12.0. The van der Waals surface area contributed by atoms with Gasteiger partial charge in [0, 0.05) is 44.5 Å². The summed E-state index contributed by atoms with van der Waals surface area (Å²) in [4.78, 5) is 4.75. The van der Waals surface area contributed by atoms with E-state index in [2.05, 4.69) is 68.1 Å². The van der Waals surface area contributed by atoms with E-state index >= 15 is 0 Å². The lowest BCUT2D eigenvalue weighted by molar-refractivity contribution is 0.451. The lowest BCUT2D eigenvalue weighted by atomic mass is 9.98. The Hall–Kier alpha value is -1.44. The molecule has 1 heterocycles. The Labute approximate surface area is 105 Å². The Morgan fingerprint density at radius 3 is 2.41 bits per heavy atom. The molecule has 1 aliphatic rings. The normalized spacial score (nSPS) is 20.7. The number of nitrogens with zero attached hydrogens (tertiary/aromatic N) is 2. The minimum Gasteiger partial charge on any atom is -0.381 e. The molecule has 0 N–H and O–H groups in total. The van der Waals surface area contributed by atoms with Crippen LogP contribution in [-0.2, 0) is 0 Å². The average Bonchev–Trinajstić information content (AvgIpc) is 2.33. The standard InChI is InChI=1S/C15H22N2/c1-12-13(2)17(11-10-15(12)16(3)4)14-8-6-5-7-9-14/h5-9,13H,10-11H2,1-4H3. The van der Waals surface area contributed by atoms with Gasteiger partial charge in [-0.15, -0.1) is 0 Å². The number of benzene rings is 1. The summed E-state index contributed by atoms with van der Waals surface area (Å²) in [5, 5.41) is 0. The van der Waals surface area contributed by atoms with Crippen LogP contribution in [0.25, 0.3) is 0 Å². The Morgan fingerprint density at radius 1 is 1.18 bits per heavy atom. The van der Waals surface area contributed by atoms with Gasteiger partial charge >= 0.3 is 0 Å². The van der Waals surface area contributed by atoms with Gasteiger partial charge in [0.1, 0.15) is 0 Å². The van der Waals surface area contributed by atoms with Gasteiger partial charge in [0.15, 0.2) is 0 Å². The highest BCUT2D eigenvalue weighted by Crippen LogP contribution is 2.29. The van der Waals surface area contributed by atoms with Gasteiger partial charge in [0.25, 0.3) is 0 Å². The van der Waals surface area contributed by atoms with Gasteiger partial charge in [-0.25, -0.2) is 0 Å². The molecule has 0 fully saturated rings. The van der Waals surface area contributed by atoms with E-state index in [9.17, 15) is 0 Å². The van der Waals surface area contributed by atoms with Gasteiger partial charge < -0.3 is 9.80 Å². The second kappa shape index (κ2) is 4.82. The second-order valence-electron chi connectivity index (χ2n) is 4.98. The molecule has 1 aliphatic heterocycles. The van der Waals surface area contributed by atoms with Crippen LogP contribution in [0.3, 0.4) is 0 Å². The van der Waals surface area contributed by atoms with Crippen molar-refractivity contribution in [1.82, 2.24) is 4.90 Å². The summed E-state index contributed by atoms with van der Waals surface area (Å²) < 4.78 is 0. The number of anilines is 1. The van der Waals surface area contributed by atoms with Crippen molar-refractivity contribution in [3.8, 4) is 0 Å². The fourth-order valence-corrected chi connectivity index (χ4v) is 2.64. The molecule has 1 aromatic rings. The topological polar surface area (TPSA) is 6.48 Å². The van der Waals surface area contributed by atoms with E-state index in [0.717, 1.165) is 13.0 Å². The van der Waals surface area contributed by atoms with E-state index < -0.39 is 0 Å². The molecule has 0 saturated heterocycles. The smallest absolute Gasteiger partial charge is 0.0491 e. The van der Waals surface area contributed by atoms with Crippen molar-refractivity contribution in [2.45, 2.75) is 26.3 Å². The highest BCUT2D eigenvalue weighted by Gasteiger charge is 2.24. The van der Waals surface area contributed by atoms with Crippen LogP contribution in [0.1, 0.15) is 20.3 Å². The third-order valence-electron chi connectivity index (χ3n) is 3.77. The predicted octanol–water partition coefficient (Wildman–Crippen LogP) is 3.12. The van der Waals surface area contributed by atoms with Gasteiger partial charge in [-0.1, -0.05) is 18.2 Å². The van der Waals surface area contributed by atoms with Crippen LogP contribution in [0.4, 0.5) is 5.69 Å². The van der Waals surface area contributed by atoms with Crippen LogP contribution >= 0.6 is 0 Å². The first-order valence-electron chi connectivity index (χ1n) is 6.30. The number of para-hydroxylation sites is 1. The maximum absolute atomic E-state index is 2.49. The van der Waals surface area contributed by atoms with Crippen molar-refractivity contribution in [1.29, 1.82) is 0 Å². The largest absolute Gasteiger partial charge is 0.381 e. The van der Waals surface area contributed by atoms with E-state index in [4.69, 9.17) is 0 Å². The van der Waals surface area contributed by atoms with Gasteiger partial charge in [0.2, 0.25) is 0 Å². The Bertz CT molecular complexity index is 406. The Morgan fingerprint density at radius 2 is 1.82 bits per heavy atom. The van der Waals surface area contributed by atoms with E-state index in [1.165, 1.54) is 17.0 Å². The zero-order valence-corrected chi connectivity index (χ0v) is 11.3. The third kappa shape index (κ3) is 2.31. The Kier molecular flexibility index (Phi) is 3.41. The minimum absolute atomic E-state index is 0.489. The lowest BCUT2D eigenvalue weighted by Crippen LogP contribution is -2.41. The molecule has 92 valence electrons. The molecule has 0 bridgehead atoms. The molecular formula is C15H22N2. The zero-order valence-electron chi connectivity index (χ0n) is 11.3. The van der Waals surface area contributed by atoms with Crippen molar-refractivity contribution in [2.24, 2.45) is 0 Å². The fourth-order valence-electron chi connectivity index (χ4n) is 2.64. The highest BCUT2D eigenvalue weighted by molar-refractivity contribution is 5.50. The molecule has 0 aromatic heterocycles. The predicted molar refractivity (Wildman–Crippen MR) is 74.3 cm³/mol. The average molecular weight is 230 g/mol. The van der Waals surface area contributed by atoms with Crippen LogP contribution in [0.2, 0.25) is 0 Å². The van der Waals surface area contributed by atoms with Crippen molar-refractivity contribution < 1.29 is 0 Å². The van der Waals surface area contributed by atoms with E-state index in [1.54, 1.807) is 0 Å². The number of rotatable bonds is 2. The molecule has 1 unspecified atom stereocenters. The molecule has 2 heteroatoms. The summed E-state index contributed by atoms with van der Waals surface area (Å²) >= 11 is 0. The summed E-state index contributed by atoms with van der Waals surface area (Å²) in [6.45, 7) is 5.66. The molecule has 1 aromatic carbocycles. The van der Waals surface area contributed by atoms with Crippen LogP contribution in [0.15, 0.2) is 41.6 Å². The zero-order chi connectivity index (χ0) is 12.4. The van der Waals surface area contributed by atoms with Crippen molar-refractivity contribution in [2.75, 3.05) is 25.5 Å². The number of hydrogen-bond acceptors (Lipinski definition) is 2. The molecule has 0 spiro atoms. The summed E-state index contributed by atoms with van der Waals surface area (Å²) in [6, 6.07) is 11.2. The van der Waals surface area contributed by atoms with Crippen LogP contribution in [-0.4, -0.2) is 31.6 Å². The van der Waals surface area contributed by atoms with E-state index in [-0.39, 0.29) is 0 Å². The molecule has 0 saturated carbocycles. The van der Waals surface area contributed by atoms with Crippen LogP contribution in [0, 0.1) is 0 Å². The highest BCUT2D eigenvalue weighted by atomic mass is 15.2. The Balaban J connectivity index is 2.26. The summed E-state index contributed by atoms with van der Waals surface area (Å²) in [7, 11) is 4.29. The quantitative estimate of drug-likeness (QED) is 0.770. The SMILES string of the molecule is CC1=C(N(C)C)CCN(c2ccccc2)C1C. The first-order valence-corrected chi connectivity index (χ1v) is 6.30. The third-order valence-corrected chi connectivity index (χ3v) is 3.77. The lowest BCUT2D eigenvalue weighted by Gasteiger charge is -2.39. The first-order chi connectivity index (χ1) is 8.11. The van der Waals surface area contributed by atoms with Crippen LogP contribution < -0.4 is 4.90 Å². The van der Waals surface area contributed by atoms with Crippen molar-refractivity contribution in [3.05, 3.63) is 41.6 Å².